The first kappa shape index (κ1) is 30.1. The van der Waals surface area contributed by atoms with Crippen LogP contribution < -0.4 is 15.1 Å². The number of rotatable bonds is 5. The quantitative estimate of drug-likeness (QED) is 0.378. The minimum atomic E-state index is -4.98. The first-order valence-corrected chi connectivity index (χ1v) is 13.4. The van der Waals surface area contributed by atoms with Crippen LogP contribution in [-0.2, 0) is 6.18 Å². The predicted molar refractivity (Wildman–Crippen MR) is 152 cm³/mol. The number of alkyl halides is 3. The van der Waals surface area contributed by atoms with Crippen LogP contribution in [0.4, 0.5) is 39.3 Å². The third-order valence-corrected chi connectivity index (χ3v) is 7.49. The van der Waals surface area contributed by atoms with Gasteiger partial charge in [-0.3, -0.25) is 9.69 Å². The predicted octanol–water partition coefficient (Wildman–Crippen LogP) is 5.43. The molecule has 5 rings (SSSR count). The number of anilines is 3. The minimum Gasteiger partial charge on any atom is -0.382 e. The van der Waals surface area contributed by atoms with E-state index in [1.54, 1.807) is 36.4 Å². The third-order valence-electron chi connectivity index (χ3n) is 7.49. The van der Waals surface area contributed by atoms with Gasteiger partial charge in [0.15, 0.2) is 0 Å². The van der Waals surface area contributed by atoms with Crippen LogP contribution in [0.15, 0.2) is 67.3 Å². The summed E-state index contributed by atoms with van der Waals surface area (Å²) in [4.78, 5) is 27.3. The molecule has 2 N–H and O–H groups in total. The lowest BCUT2D eigenvalue weighted by Crippen LogP contribution is -2.50. The Bertz CT molecular complexity index is 1570. The van der Waals surface area contributed by atoms with Crippen LogP contribution in [-0.4, -0.2) is 64.2 Å². The number of aliphatic hydroxyl groups is 1. The molecule has 0 radical (unpaired) electrons. The van der Waals surface area contributed by atoms with E-state index in [0.29, 0.717) is 25.3 Å². The average Bonchev–Trinajstić information content (AvgIpc) is 2.95. The van der Waals surface area contributed by atoms with Gasteiger partial charge < -0.3 is 20.2 Å². The number of amides is 1. The zero-order chi connectivity index (χ0) is 31.1. The van der Waals surface area contributed by atoms with Gasteiger partial charge in [0, 0.05) is 61.6 Å². The van der Waals surface area contributed by atoms with Gasteiger partial charge >= 0.3 is 6.18 Å². The molecule has 1 fully saturated rings. The molecular formula is C30H29F5N6O2. The lowest BCUT2D eigenvalue weighted by molar-refractivity contribution is -0.138. The molecule has 13 heteroatoms. The molecule has 2 aromatic carbocycles. The van der Waals surface area contributed by atoms with Crippen molar-refractivity contribution in [2.75, 3.05) is 41.8 Å². The maximum absolute atomic E-state index is 15.7. The fraction of sp³-hybridized carbons (Fsp3) is 0.300. The molecule has 1 saturated heterocycles. The molecule has 3 heterocycles. The number of likely N-dealkylation sites (N-methyl/N-ethyl adjacent to an activating group) is 1. The SMILES string of the molecule is C[C@@H]1CN(c2cc(F)c(-c3cnc(N4C=CC(C)(O)C=C4)nc3)cc2NC(=O)c2ccc(F)cc2C(F)(F)F)CCN1C. The fourth-order valence-electron chi connectivity index (χ4n) is 4.85. The van der Waals surface area contributed by atoms with Gasteiger partial charge in [-0.15, -0.1) is 0 Å². The topological polar surface area (TPSA) is 84.8 Å². The second kappa shape index (κ2) is 11.4. The fourth-order valence-corrected chi connectivity index (χ4v) is 4.85. The highest BCUT2D eigenvalue weighted by atomic mass is 19.4. The molecule has 2 aliphatic heterocycles. The van der Waals surface area contributed by atoms with Crippen LogP contribution in [0.2, 0.25) is 0 Å². The van der Waals surface area contributed by atoms with Gasteiger partial charge in [0.05, 0.1) is 22.5 Å². The first-order chi connectivity index (χ1) is 20.2. The normalized spacial score (nSPS) is 18.7. The van der Waals surface area contributed by atoms with Gasteiger partial charge in [-0.05, 0) is 63.4 Å². The minimum absolute atomic E-state index is 0.00980. The van der Waals surface area contributed by atoms with Gasteiger partial charge in [0.25, 0.3) is 5.91 Å². The number of nitrogens with zero attached hydrogens (tertiary/aromatic N) is 5. The molecule has 3 aromatic rings. The van der Waals surface area contributed by atoms with E-state index in [-0.39, 0.29) is 34.9 Å². The Balaban J connectivity index is 1.52. The van der Waals surface area contributed by atoms with E-state index in [9.17, 15) is 27.5 Å². The average molecular weight is 601 g/mol. The molecule has 1 aromatic heterocycles. The number of piperazine rings is 1. The number of halogens is 5. The maximum Gasteiger partial charge on any atom is 0.417 e. The van der Waals surface area contributed by atoms with Gasteiger partial charge in [-0.1, -0.05) is 0 Å². The Labute approximate surface area is 244 Å². The van der Waals surface area contributed by atoms with E-state index in [0.717, 1.165) is 12.1 Å². The molecule has 8 nitrogen and oxygen atoms in total. The van der Waals surface area contributed by atoms with Crippen molar-refractivity contribution in [2.45, 2.75) is 31.7 Å². The van der Waals surface area contributed by atoms with Gasteiger partial charge in [-0.25, -0.2) is 18.7 Å². The number of carbonyl (C=O) groups is 1. The van der Waals surface area contributed by atoms with Crippen LogP contribution in [0.25, 0.3) is 11.1 Å². The molecule has 1 amide bonds. The lowest BCUT2D eigenvalue weighted by Gasteiger charge is -2.39. The van der Waals surface area contributed by atoms with E-state index in [4.69, 9.17) is 0 Å². The van der Waals surface area contributed by atoms with Crippen LogP contribution in [0, 0.1) is 11.6 Å². The first-order valence-electron chi connectivity index (χ1n) is 13.4. The summed E-state index contributed by atoms with van der Waals surface area (Å²) in [5, 5.41) is 12.6. The summed E-state index contributed by atoms with van der Waals surface area (Å²) in [7, 11) is 1.95. The van der Waals surface area contributed by atoms with Crippen LogP contribution >= 0.6 is 0 Å². The molecule has 0 spiro atoms. The standard InChI is InChI=1S/C30H29F5N6O2/c1-18-17-41(11-10-39(18)3)26-14-24(32)22(19-15-36-28(37-16-19)40-8-6-29(2,43)7-9-40)13-25(26)38-27(42)21-5-4-20(31)12-23(21)30(33,34)35/h4-9,12-16,18,43H,10-11,17H2,1-3H3,(H,38,42)/t18-/m1/s1. The molecule has 226 valence electrons. The number of hydrogen-bond donors (Lipinski definition) is 2. The van der Waals surface area contributed by atoms with Gasteiger partial charge in [0.2, 0.25) is 5.95 Å². The Morgan fingerprint density at radius 3 is 2.37 bits per heavy atom. The van der Waals surface area contributed by atoms with Gasteiger partial charge in [0.1, 0.15) is 17.2 Å². The summed E-state index contributed by atoms with van der Waals surface area (Å²) in [5.41, 5.74) is -2.68. The smallest absolute Gasteiger partial charge is 0.382 e. The second-order valence-corrected chi connectivity index (χ2v) is 10.8. The molecule has 1 atom stereocenters. The van der Waals surface area contributed by atoms with Crippen molar-refractivity contribution in [3.05, 3.63) is 90.0 Å². The Morgan fingerprint density at radius 2 is 1.74 bits per heavy atom. The zero-order valence-electron chi connectivity index (χ0n) is 23.5. The number of benzene rings is 2. The highest BCUT2D eigenvalue weighted by Gasteiger charge is 2.36. The van der Waals surface area contributed by atoms with Crippen LogP contribution in [0.3, 0.4) is 0 Å². The summed E-state index contributed by atoms with van der Waals surface area (Å²) in [6.45, 7) is 5.18. The zero-order valence-corrected chi connectivity index (χ0v) is 23.5. The highest BCUT2D eigenvalue weighted by molar-refractivity contribution is 6.07. The molecule has 0 unspecified atom stereocenters. The lowest BCUT2D eigenvalue weighted by atomic mass is 10.0. The number of nitrogens with one attached hydrogen (secondary N) is 1. The molecular weight excluding hydrogens is 571 g/mol. The van der Waals surface area contributed by atoms with Crippen molar-refractivity contribution < 1.29 is 31.9 Å². The van der Waals surface area contributed by atoms with Crippen molar-refractivity contribution >= 4 is 23.2 Å². The molecule has 0 saturated carbocycles. The molecule has 2 aliphatic rings. The summed E-state index contributed by atoms with van der Waals surface area (Å²) >= 11 is 0. The van der Waals surface area contributed by atoms with E-state index in [1.807, 2.05) is 18.9 Å². The van der Waals surface area contributed by atoms with E-state index in [1.165, 1.54) is 24.5 Å². The third kappa shape index (κ3) is 6.52. The second-order valence-electron chi connectivity index (χ2n) is 10.8. The maximum atomic E-state index is 15.7. The Hall–Kier alpha value is -4.36. The summed E-state index contributed by atoms with van der Waals surface area (Å²) in [6.07, 6.45) is 4.02. The van der Waals surface area contributed by atoms with Crippen molar-refractivity contribution in [1.82, 2.24) is 14.9 Å². The van der Waals surface area contributed by atoms with E-state index < -0.39 is 40.4 Å². The number of aromatic nitrogens is 2. The van der Waals surface area contributed by atoms with Crippen molar-refractivity contribution in [3.8, 4) is 11.1 Å². The number of carbonyl (C=O) groups excluding carboxylic acids is 1. The summed E-state index contributed by atoms with van der Waals surface area (Å²) < 4.78 is 70.4. The van der Waals surface area contributed by atoms with Crippen LogP contribution in [0.1, 0.15) is 29.8 Å². The Morgan fingerprint density at radius 1 is 1.07 bits per heavy atom. The van der Waals surface area contributed by atoms with Crippen LogP contribution in [0.5, 0.6) is 0 Å². The summed E-state index contributed by atoms with van der Waals surface area (Å²) in [5.74, 6) is -2.66. The molecule has 0 aliphatic carbocycles. The Kier molecular flexibility index (Phi) is 7.97. The monoisotopic (exact) mass is 600 g/mol. The molecule has 0 bridgehead atoms. The largest absolute Gasteiger partial charge is 0.417 e. The van der Waals surface area contributed by atoms with Gasteiger partial charge in [-0.2, -0.15) is 13.2 Å². The van der Waals surface area contributed by atoms with E-state index >= 15 is 4.39 Å². The van der Waals surface area contributed by atoms with E-state index in [2.05, 4.69) is 20.2 Å². The highest BCUT2D eigenvalue weighted by Crippen LogP contribution is 2.37. The van der Waals surface area contributed by atoms with Crippen molar-refractivity contribution in [2.24, 2.45) is 0 Å². The van der Waals surface area contributed by atoms with Crippen molar-refractivity contribution in [1.29, 1.82) is 0 Å². The number of hydrogen-bond acceptors (Lipinski definition) is 7. The molecule has 43 heavy (non-hydrogen) atoms. The van der Waals surface area contributed by atoms with Crippen molar-refractivity contribution in [3.63, 3.8) is 0 Å². The summed E-state index contributed by atoms with van der Waals surface area (Å²) in [6, 6.07) is 4.45.